The van der Waals surface area contributed by atoms with Gasteiger partial charge in [-0.1, -0.05) is 80.6 Å². The highest BCUT2D eigenvalue weighted by Gasteiger charge is 2.78. The molecule has 468 valence electrons. The van der Waals surface area contributed by atoms with Crippen LogP contribution in [0.3, 0.4) is 0 Å². The predicted octanol–water partition coefficient (Wildman–Crippen LogP) is 6.91. The van der Waals surface area contributed by atoms with Gasteiger partial charge in [0.1, 0.15) is 42.0 Å². The van der Waals surface area contributed by atoms with Gasteiger partial charge < -0.3 is 64.5 Å². The molecule has 2 saturated carbocycles. The van der Waals surface area contributed by atoms with Crippen molar-refractivity contribution < 1.29 is 86.1 Å². The number of hydrogen-bond donors (Lipinski definition) is 6. The van der Waals surface area contributed by atoms with Crippen molar-refractivity contribution in [2.45, 2.75) is 115 Å². The number of rotatable bonds is 16. The Hall–Kier alpha value is -9.75. The molecule has 4 heterocycles. The zero-order valence-electron chi connectivity index (χ0n) is 49.7. The number of fused-ring (bicyclic) bond motifs is 6. The van der Waals surface area contributed by atoms with Gasteiger partial charge in [0.05, 0.1) is 47.3 Å². The molecule has 23 nitrogen and oxygen atoms in total. The minimum Gasteiger partial charge on any atom is -0.469 e. The molecular weight excluding hydrogens is 1170 g/mol. The van der Waals surface area contributed by atoms with Crippen molar-refractivity contribution in [1.29, 1.82) is 0 Å². The second-order valence-corrected chi connectivity index (χ2v) is 23.2. The molecule has 3 aliphatic carbocycles. The Balaban J connectivity index is 0.000000264. The van der Waals surface area contributed by atoms with Crippen molar-refractivity contribution in [1.82, 2.24) is 20.5 Å². The van der Waals surface area contributed by atoms with Crippen LogP contribution in [0.1, 0.15) is 103 Å². The molecule has 4 aliphatic rings. The van der Waals surface area contributed by atoms with Crippen molar-refractivity contribution in [2.75, 3.05) is 11.9 Å². The third-order valence-electron chi connectivity index (χ3n) is 17.4. The fourth-order valence-electron chi connectivity index (χ4n) is 12.7. The van der Waals surface area contributed by atoms with Crippen LogP contribution in [0.4, 0.5) is 15.9 Å². The minimum atomic E-state index is -2.39. The summed E-state index contributed by atoms with van der Waals surface area (Å²) in [7, 11) is 0. The first kappa shape index (κ1) is 63.3. The standard InChI is InChI=1S/C47H51NO14.C19H14FN5O3/c1-25-31(60-43(56)36(52)35(28-16-10-7-11-17-28)48-41(54)29-18-12-8-13-19-29)23-47(57)40(61-42(55)30-20-14-9-15-21-30)38-45(6,32(51)22-33-46(38,24-58-33)62-27(3)50)39(53)37(59-26(2)49)34(25)44(47,4)5;20-12-1-3-13(4-2-12)23-18-14-6-8-27-16(14)19(25-24-18)28-10-11-5-7-22-15(9-11)17(21)26/h7-21,31-33,35-38,40,51-52,57H,22-24H2,1-6H3,(H,48,54);1-9H,10H2,(H2,21,26)(H,23,24)/t31-,32-,33+,35-,36+,37+,38-,40-,45+,46-,47+;/m0./s1. The van der Waals surface area contributed by atoms with E-state index in [1.165, 1.54) is 50.6 Å². The number of primary amides is 1. The number of aromatic nitrogens is 3. The molecule has 90 heavy (non-hydrogen) atoms. The lowest BCUT2D eigenvalue weighted by atomic mass is 9.44. The molecule has 7 N–H and O–H groups in total. The number of esters is 4. The first-order chi connectivity index (χ1) is 42.9. The third-order valence-corrected chi connectivity index (χ3v) is 17.4. The maximum atomic E-state index is 15.5. The van der Waals surface area contributed by atoms with Gasteiger partial charge in [-0.25, -0.2) is 14.0 Å². The van der Waals surface area contributed by atoms with Crippen molar-refractivity contribution in [3.63, 3.8) is 0 Å². The van der Waals surface area contributed by atoms with Crippen LogP contribution in [0.5, 0.6) is 5.88 Å². The summed E-state index contributed by atoms with van der Waals surface area (Å²) in [6.45, 7) is 8.10. The number of nitrogens with zero attached hydrogens (tertiary/aromatic N) is 3. The lowest BCUT2D eigenvalue weighted by Crippen LogP contribution is -2.82. The van der Waals surface area contributed by atoms with E-state index in [0.717, 1.165) is 13.8 Å². The van der Waals surface area contributed by atoms with E-state index in [-0.39, 0.29) is 59.3 Å². The van der Waals surface area contributed by atoms with Gasteiger partial charge in [-0.3, -0.25) is 29.0 Å². The van der Waals surface area contributed by atoms with Gasteiger partial charge in [0.15, 0.2) is 29.4 Å². The second kappa shape index (κ2) is 25.4. The first-order valence-electron chi connectivity index (χ1n) is 28.7. The highest BCUT2D eigenvalue weighted by molar-refractivity contribution is 5.97. The van der Waals surface area contributed by atoms with Crippen LogP contribution in [0, 0.1) is 22.6 Å². The monoisotopic (exact) mass is 1230 g/mol. The van der Waals surface area contributed by atoms with Crippen molar-refractivity contribution in [3.8, 4) is 5.88 Å². The average Bonchev–Trinajstić information content (AvgIpc) is 0.712. The number of pyridine rings is 1. The second-order valence-electron chi connectivity index (χ2n) is 23.2. The summed E-state index contributed by atoms with van der Waals surface area (Å²) in [5.41, 5.74) is 0.114. The number of benzene rings is 4. The molecular formula is C66H65FN6O17. The smallest absolute Gasteiger partial charge is 0.338 e. The van der Waals surface area contributed by atoms with E-state index in [1.54, 1.807) is 123 Å². The van der Waals surface area contributed by atoms with Gasteiger partial charge in [-0.05, 0) is 103 Å². The molecule has 1 saturated heterocycles. The summed E-state index contributed by atoms with van der Waals surface area (Å²) in [6.07, 6.45) is -7.54. The Morgan fingerprint density at radius 3 is 2.11 bits per heavy atom. The van der Waals surface area contributed by atoms with Gasteiger partial charge >= 0.3 is 23.9 Å². The molecule has 11 atom stereocenters. The van der Waals surface area contributed by atoms with Gasteiger partial charge in [-0.15, -0.1) is 10.2 Å². The van der Waals surface area contributed by atoms with Crippen LogP contribution in [-0.2, 0) is 49.5 Å². The number of nitrogens with one attached hydrogen (secondary N) is 2. The Morgan fingerprint density at radius 1 is 0.833 bits per heavy atom. The number of carbonyl (C=O) groups excluding carboxylic acids is 7. The van der Waals surface area contributed by atoms with Crippen molar-refractivity contribution >= 4 is 63.9 Å². The molecule has 2 amide bonds. The molecule has 0 spiro atoms. The highest BCUT2D eigenvalue weighted by atomic mass is 19.1. The lowest BCUT2D eigenvalue weighted by Gasteiger charge is -2.67. The summed E-state index contributed by atoms with van der Waals surface area (Å²) >= 11 is 0. The number of aliphatic hydroxyl groups excluding tert-OH is 2. The number of nitrogens with two attached hydrogens (primary N) is 1. The van der Waals surface area contributed by atoms with E-state index in [4.69, 9.17) is 38.6 Å². The number of halogens is 1. The molecule has 7 aromatic rings. The average molecular weight is 1230 g/mol. The molecule has 24 heteroatoms. The fourth-order valence-corrected chi connectivity index (χ4v) is 12.7. The predicted molar refractivity (Wildman–Crippen MR) is 316 cm³/mol. The molecule has 11 rings (SSSR count). The lowest BCUT2D eigenvalue weighted by molar-refractivity contribution is -0.346. The fraction of sp³-hybridized carbons (Fsp3) is 0.333. The van der Waals surface area contributed by atoms with Crippen LogP contribution in [-0.4, -0.2) is 126 Å². The number of furan rings is 1. The van der Waals surface area contributed by atoms with Gasteiger partial charge in [-0.2, -0.15) is 0 Å². The van der Waals surface area contributed by atoms with Crippen LogP contribution in [0.2, 0.25) is 0 Å². The Kier molecular flexibility index (Phi) is 17.8. The first-order valence-corrected chi connectivity index (χ1v) is 28.7. The number of amides is 2. The van der Waals surface area contributed by atoms with E-state index in [2.05, 4.69) is 25.8 Å². The number of carbonyl (C=O) groups is 7. The normalized spacial score (nSPS) is 25.3. The number of ether oxygens (including phenoxy) is 6. The molecule has 3 fully saturated rings. The van der Waals surface area contributed by atoms with Gasteiger partial charge in [0, 0.05) is 49.6 Å². The van der Waals surface area contributed by atoms with E-state index in [9.17, 15) is 48.5 Å². The van der Waals surface area contributed by atoms with Gasteiger partial charge in [0.25, 0.3) is 17.7 Å². The number of hydrogen-bond acceptors (Lipinski definition) is 21. The Bertz CT molecular complexity index is 3910. The zero-order chi connectivity index (χ0) is 64.5. The minimum absolute atomic E-state index is 0.00289. The summed E-state index contributed by atoms with van der Waals surface area (Å²) in [4.78, 5) is 98.6. The number of Topliss-reactive ketones (excluding diaryl/α,β-unsaturated/α-hetero) is 1. The summed E-state index contributed by atoms with van der Waals surface area (Å²) in [6, 6.07) is 33.8. The molecule has 1 aliphatic heterocycles. The van der Waals surface area contributed by atoms with E-state index >= 15 is 4.79 Å². The van der Waals surface area contributed by atoms with Crippen LogP contribution in [0.15, 0.2) is 161 Å². The topological polar surface area (TPSA) is 337 Å². The Morgan fingerprint density at radius 2 is 1.49 bits per heavy atom. The highest BCUT2D eigenvalue weighted by Crippen LogP contribution is 2.64. The number of ketones is 1. The molecule has 0 radical (unpaired) electrons. The summed E-state index contributed by atoms with van der Waals surface area (Å²) < 4.78 is 54.5. The molecule has 0 unspecified atom stereocenters. The molecule has 3 aromatic heterocycles. The largest absolute Gasteiger partial charge is 0.469 e. The molecule has 4 aromatic carbocycles. The summed E-state index contributed by atoms with van der Waals surface area (Å²) in [5.74, 6) is -7.15. The maximum Gasteiger partial charge on any atom is 0.338 e. The SMILES string of the molecule is CC(=O)O[C@H]1C(=O)[C@@]2(C)[C@H]([C@H](OC(=O)c3ccccc3)[C@]3(O)C[C@H](OC(=O)[C@H](O)[C@@H](NC(=O)c4ccccc4)c4ccccc4)C(C)=C1C3(C)C)[C@]1(OC(C)=O)CO[C@@H]1C[C@@H]2O.NC(=O)c1cc(COc2nnc(Nc3ccc(F)cc3)c3ccoc23)ccn1. The van der Waals surface area contributed by atoms with Gasteiger partial charge in [0.2, 0.25) is 5.58 Å². The molecule has 2 bridgehead atoms. The zero-order valence-corrected chi connectivity index (χ0v) is 49.7. The van der Waals surface area contributed by atoms with E-state index in [0.29, 0.717) is 33.6 Å². The summed E-state index contributed by atoms with van der Waals surface area (Å²) in [5, 5.41) is 52.1. The van der Waals surface area contributed by atoms with E-state index in [1.807, 2.05) is 0 Å². The third kappa shape index (κ3) is 12.0. The van der Waals surface area contributed by atoms with E-state index < -0.39 is 119 Å². The number of aliphatic hydroxyl groups is 3. The maximum absolute atomic E-state index is 15.5. The van der Waals surface area contributed by atoms with Crippen LogP contribution in [0.25, 0.3) is 11.0 Å². The Labute approximate surface area is 514 Å². The quantitative estimate of drug-likeness (QED) is 0.0325. The van der Waals surface area contributed by atoms with Crippen LogP contribution >= 0.6 is 0 Å². The van der Waals surface area contributed by atoms with Crippen molar-refractivity contribution in [2.24, 2.45) is 22.5 Å². The van der Waals surface area contributed by atoms with Crippen LogP contribution < -0.4 is 21.1 Å². The number of anilines is 2. The van der Waals surface area contributed by atoms with Crippen molar-refractivity contribution in [3.05, 3.63) is 191 Å².